The number of benzene rings is 3. The third-order valence-electron chi connectivity index (χ3n) is 7.36. The number of nitrogens with zero attached hydrogens (tertiary/aromatic N) is 1. The molecule has 0 unspecified atom stereocenters. The highest BCUT2D eigenvalue weighted by Crippen LogP contribution is 2.33. The van der Waals surface area contributed by atoms with Crippen molar-refractivity contribution >= 4 is 31.6 Å². The molecule has 3 aromatic carbocycles. The highest BCUT2D eigenvalue weighted by molar-refractivity contribution is 7.89. The van der Waals surface area contributed by atoms with Gasteiger partial charge in [0, 0.05) is 18.3 Å². The fourth-order valence-corrected chi connectivity index (χ4v) is 7.81. The largest absolute Gasteiger partial charge is 0.454 e. The van der Waals surface area contributed by atoms with Gasteiger partial charge in [-0.2, -0.15) is 4.31 Å². The van der Waals surface area contributed by atoms with E-state index >= 15 is 0 Å². The number of anilines is 1. The Morgan fingerprint density at radius 2 is 1.56 bits per heavy atom. The number of sulfonamides is 2. The van der Waals surface area contributed by atoms with Crippen molar-refractivity contribution in [2.75, 3.05) is 18.7 Å². The molecule has 0 bridgehead atoms. The van der Waals surface area contributed by atoms with Crippen LogP contribution in [0.3, 0.4) is 0 Å². The van der Waals surface area contributed by atoms with Gasteiger partial charge in [-0.3, -0.25) is 4.79 Å². The van der Waals surface area contributed by atoms with Crippen LogP contribution in [0.4, 0.5) is 5.69 Å². The van der Waals surface area contributed by atoms with Gasteiger partial charge in [0.1, 0.15) is 0 Å². The molecule has 1 aliphatic heterocycles. The number of rotatable bonds is 10. The minimum atomic E-state index is -4.21. The summed E-state index contributed by atoms with van der Waals surface area (Å²) in [6.45, 7) is 1.52. The lowest BCUT2D eigenvalue weighted by atomic mass is 9.87. The summed E-state index contributed by atoms with van der Waals surface area (Å²) in [5.74, 6) is 0.747. The molecule has 5 rings (SSSR count). The van der Waals surface area contributed by atoms with Crippen molar-refractivity contribution in [2.24, 2.45) is 5.92 Å². The van der Waals surface area contributed by atoms with Crippen molar-refractivity contribution in [3.63, 3.8) is 0 Å². The Balaban J connectivity index is 1.38. The number of para-hydroxylation sites is 1. The van der Waals surface area contributed by atoms with Crippen LogP contribution in [0.2, 0.25) is 0 Å². The van der Waals surface area contributed by atoms with Gasteiger partial charge < -0.3 is 14.8 Å². The Kier molecular flexibility index (Phi) is 8.64. The zero-order valence-electron chi connectivity index (χ0n) is 22.7. The molecule has 41 heavy (non-hydrogen) atoms. The molecule has 3 aromatic rings. The summed E-state index contributed by atoms with van der Waals surface area (Å²) in [5.41, 5.74) is 1.13. The first-order valence-electron chi connectivity index (χ1n) is 13.5. The van der Waals surface area contributed by atoms with E-state index in [2.05, 4.69) is 10.0 Å². The molecule has 12 heteroatoms. The highest BCUT2D eigenvalue weighted by atomic mass is 32.2. The number of hydrogen-bond acceptors (Lipinski definition) is 7. The number of amides is 1. The SMILES string of the molecule is C[C@H]1CCCC[C@@H]1NS(=O)(=O)c1ccc(S(=O)(=O)N(CC(=O)Nc2ccccc2)Cc2ccc3c(c2)OCO3)cc1. The second kappa shape index (κ2) is 12.2. The van der Waals surface area contributed by atoms with E-state index in [1.807, 2.05) is 6.92 Å². The first-order valence-corrected chi connectivity index (χ1v) is 16.4. The highest BCUT2D eigenvalue weighted by Gasteiger charge is 2.30. The monoisotopic (exact) mass is 599 g/mol. The molecule has 1 aliphatic carbocycles. The summed E-state index contributed by atoms with van der Waals surface area (Å²) in [6, 6.07) is 18.7. The van der Waals surface area contributed by atoms with Crippen LogP contribution in [0.5, 0.6) is 11.5 Å². The zero-order valence-corrected chi connectivity index (χ0v) is 24.3. The Morgan fingerprint density at radius 1 is 0.878 bits per heavy atom. The number of carbonyl (C=O) groups excluding carboxylic acids is 1. The quantitative estimate of drug-likeness (QED) is 0.359. The van der Waals surface area contributed by atoms with Gasteiger partial charge in [-0.1, -0.05) is 44.0 Å². The van der Waals surface area contributed by atoms with Gasteiger partial charge in [-0.05, 0) is 72.9 Å². The van der Waals surface area contributed by atoms with E-state index < -0.39 is 32.5 Å². The van der Waals surface area contributed by atoms with E-state index in [0.29, 0.717) is 22.7 Å². The number of nitrogens with one attached hydrogen (secondary N) is 2. The topological polar surface area (TPSA) is 131 Å². The van der Waals surface area contributed by atoms with Gasteiger partial charge in [0.25, 0.3) is 0 Å². The minimum Gasteiger partial charge on any atom is -0.454 e. The first-order chi connectivity index (χ1) is 19.6. The maximum atomic E-state index is 13.8. The van der Waals surface area contributed by atoms with Gasteiger partial charge >= 0.3 is 0 Å². The van der Waals surface area contributed by atoms with Gasteiger partial charge in [0.2, 0.25) is 32.7 Å². The molecule has 1 amide bonds. The lowest BCUT2D eigenvalue weighted by Crippen LogP contribution is -2.41. The number of ether oxygens (including phenoxy) is 2. The van der Waals surface area contributed by atoms with E-state index in [1.54, 1.807) is 48.5 Å². The van der Waals surface area contributed by atoms with Crippen molar-refractivity contribution in [1.29, 1.82) is 0 Å². The van der Waals surface area contributed by atoms with E-state index in [9.17, 15) is 21.6 Å². The lowest BCUT2D eigenvalue weighted by Gasteiger charge is -2.29. The van der Waals surface area contributed by atoms with E-state index in [4.69, 9.17) is 9.47 Å². The second-order valence-corrected chi connectivity index (χ2v) is 14.0. The van der Waals surface area contributed by atoms with Crippen molar-refractivity contribution in [2.45, 2.75) is 55.0 Å². The number of carbonyl (C=O) groups is 1. The van der Waals surface area contributed by atoms with Crippen molar-refractivity contribution in [1.82, 2.24) is 9.03 Å². The van der Waals surface area contributed by atoms with Crippen LogP contribution in [0.15, 0.2) is 82.6 Å². The maximum Gasteiger partial charge on any atom is 0.243 e. The van der Waals surface area contributed by atoms with Crippen LogP contribution >= 0.6 is 0 Å². The molecule has 1 saturated carbocycles. The molecule has 218 valence electrons. The fourth-order valence-electron chi connectivity index (χ4n) is 5.05. The van der Waals surface area contributed by atoms with Crippen LogP contribution in [-0.4, -0.2) is 46.4 Å². The molecule has 2 aliphatic rings. The number of hydrogen-bond donors (Lipinski definition) is 2. The summed E-state index contributed by atoms with van der Waals surface area (Å²) in [6.07, 6.45) is 3.78. The molecule has 0 aromatic heterocycles. The Bertz CT molecular complexity index is 1600. The van der Waals surface area contributed by atoms with Gasteiger partial charge in [-0.25, -0.2) is 21.6 Å². The summed E-state index contributed by atoms with van der Waals surface area (Å²) >= 11 is 0. The molecular weight excluding hydrogens is 566 g/mol. The van der Waals surface area contributed by atoms with E-state index in [1.165, 1.54) is 24.3 Å². The lowest BCUT2D eigenvalue weighted by molar-refractivity contribution is -0.116. The van der Waals surface area contributed by atoms with Crippen molar-refractivity contribution in [3.8, 4) is 11.5 Å². The summed E-state index contributed by atoms with van der Waals surface area (Å²) < 4.78 is 68.3. The summed E-state index contributed by atoms with van der Waals surface area (Å²) in [4.78, 5) is 12.8. The predicted octanol–water partition coefficient (Wildman–Crippen LogP) is 4.10. The van der Waals surface area contributed by atoms with Crippen LogP contribution in [0.25, 0.3) is 0 Å². The molecule has 0 radical (unpaired) electrons. The average Bonchev–Trinajstić information content (AvgIpc) is 3.42. The summed E-state index contributed by atoms with van der Waals surface area (Å²) in [5, 5.41) is 2.72. The average molecular weight is 600 g/mol. The second-order valence-electron chi connectivity index (χ2n) is 10.3. The predicted molar refractivity (Wildman–Crippen MR) is 153 cm³/mol. The maximum absolute atomic E-state index is 13.8. The molecule has 0 spiro atoms. The van der Waals surface area contributed by atoms with Gasteiger partial charge in [-0.15, -0.1) is 0 Å². The van der Waals surface area contributed by atoms with Crippen LogP contribution in [0, 0.1) is 5.92 Å². The Labute approximate surface area is 240 Å². The Hall–Kier alpha value is -3.45. The standard InChI is InChI=1S/C29H33N3O7S2/c1-21-7-5-6-10-26(21)31-40(34,35)24-12-14-25(15-13-24)41(36,37)32(19-29(33)30-23-8-3-2-4-9-23)18-22-11-16-27-28(17-22)39-20-38-27/h2-4,8-9,11-17,21,26,31H,5-7,10,18-20H2,1H3,(H,30,33)/t21-,26-/m0/s1. The summed E-state index contributed by atoms with van der Waals surface area (Å²) in [7, 11) is -8.05. The van der Waals surface area contributed by atoms with Crippen molar-refractivity contribution < 1.29 is 31.1 Å². The zero-order chi connectivity index (χ0) is 29.0. The van der Waals surface area contributed by atoms with E-state index in [0.717, 1.165) is 30.0 Å². The third kappa shape index (κ3) is 6.89. The van der Waals surface area contributed by atoms with Gasteiger partial charge in [0.05, 0.1) is 16.3 Å². The molecule has 2 atom stereocenters. The van der Waals surface area contributed by atoms with Gasteiger partial charge in [0.15, 0.2) is 11.5 Å². The molecule has 10 nitrogen and oxygen atoms in total. The van der Waals surface area contributed by atoms with Crippen LogP contribution in [-0.2, 0) is 31.4 Å². The molecular formula is C29H33N3O7S2. The third-order valence-corrected chi connectivity index (χ3v) is 10.7. The molecule has 0 saturated heterocycles. The Morgan fingerprint density at radius 3 is 2.29 bits per heavy atom. The fraction of sp³-hybridized carbons (Fsp3) is 0.345. The number of fused-ring (bicyclic) bond motifs is 1. The molecule has 2 N–H and O–H groups in total. The normalized spacial score (nSPS) is 18.8. The van der Waals surface area contributed by atoms with Crippen LogP contribution in [0.1, 0.15) is 38.2 Å². The molecule has 1 fully saturated rings. The van der Waals surface area contributed by atoms with Crippen LogP contribution < -0.4 is 19.5 Å². The van der Waals surface area contributed by atoms with E-state index in [-0.39, 0.29) is 35.1 Å². The van der Waals surface area contributed by atoms with Crippen molar-refractivity contribution in [3.05, 3.63) is 78.4 Å². The molecule has 1 heterocycles. The first kappa shape index (κ1) is 29.1. The minimum absolute atomic E-state index is 0.0154. The smallest absolute Gasteiger partial charge is 0.243 e.